The van der Waals surface area contributed by atoms with Crippen molar-refractivity contribution in [3.05, 3.63) is 0 Å². The smallest absolute Gasteiger partial charge is 0.305 e. The molecule has 1 saturated carbocycles. The Bertz CT molecular complexity index is 288. The molecule has 0 aromatic carbocycles. The monoisotopic (exact) mass is 256 g/mol. The van der Waals surface area contributed by atoms with E-state index in [1.54, 1.807) is 11.8 Å². The van der Waals surface area contributed by atoms with Crippen molar-refractivity contribution in [1.29, 1.82) is 0 Å². The molecule has 0 radical (unpaired) electrons. The first-order valence-electron chi connectivity index (χ1n) is 6.79. The molecule has 0 aromatic heterocycles. The van der Waals surface area contributed by atoms with E-state index >= 15 is 0 Å². The van der Waals surface area contributed by atoms with Crippen LogP contribution in [-0.2, 0) is 9.59 Å². The van der Waals surface area contributed by atoms with Gasteiger partial charge in [-0.3, -0.25) is 9.59 Å². The van der Waals surface area contributed by atoms with Gasteiger partial charge in [-0.15, -0.1) is 0 Å². The number of carboxylic acids is 1. The topological polar surface area (TPSA) is 69.6 Å². The van der Waals surface area contributed by atoms with E-state index in [1.807, 2.05) is 6.92 Å². The van der Waals surface area contributed by atoms with Gasteiger partial charge in [0.2, 0.25) is 5.91 Å². The summed E-state index contributed by atoms with van der Waals surface area (Å²) in [7, 11) is 0. The molecule has 1 fully saturated rings. The molecule has 1 aliphatic carbocycles. The number of carbonyl (C=O) groups is 2. The van der Waals surface area contributed by atoms with Gasteiger partial charge in [-0.2, -0.15) is 0 Å². The number of nitrogens with one attached hydrogen (secondary N) is 1. The first-order chi connectivity index (χ1) is 8.54. The van der Waals surface area contributed by atoms with E-state index in [4.69, 9.17) is 5.11 Å². The highest BCUT2D eigenvalue weighted by molar-refractivity contribution is 5.79. The third-order valence-corrected chi connectivity index (χ3v) is 3.56. The summed E-state index contributed by atoms with van der Waals surface area (Å²) in [6.45, 7) is 4.54. The summed E-state index contributed by atoms with van der Waals surface area (Å²) < 4.78 is 0. The van der Waals surface area contributed by atoms with Gasteiger partial charge in [-0.25, -0.2) is 0 Å². The lowest BCUT2D eigenvalue weighted by Gasteiger charge is -2.27. The Balaban J connectivity index is 2.37. The number of carbonyl (C=O) groups excluding carboxylic acids is 1. The van der Waals surface area contributed by atoms with Gasteiger partial charge in [-0.1, -0.05) is 12.8 Å². The number of rotatable bonds is 7. The SMILES string of the molecule is CCN(C(=O)CNC1CCCC1)C(C)CC(=O)O. The molecule has 2 N–H and O–H groups in total. The van der Waals surface area contributed by atoms with Gasteiger partial charge in [0.15, 0.2) is 0 Å². The fourth-order valence-corrected chi connectivity index (χ4v) is 2.56. The number of hydrogen-bond donors (Lipinski definition) is 2. The predicted octanol–water partition coefficient (Wildman–Crippen LogP) is 1.23. The maximum absolute atomic E-state index is 12.0. The zero-order valence-corrected chi connectivity index (χ0v) is 11.3. The summed E-state index contributed by atoms with van der Waals surface area (Å²) in [5, 5.41) is 12.0. The van der Waals surface area contributed by atoms with Crippen LogP contribution >= 0.6 is 0 Å². The molecule has 0 heterocycles. The molecule has 1 amide bonds. The maximum atomic E-state index is 12.0. The quantitative estimate of drug-likeness (QED) is 0.719. The van der Waals surface area contributed by atoms with E-state index in [0.717, 1.165) is 12.8 Å². The van der Waals surface area contributed by atoms with Crippen LogP contribution in [0, 0.1) is 0 Å². The Morgan fingerprint density at radius 3 is 2.50 bits per heavy atom. The summed E-state index contributed by atoms with van der Waals surface area (Å²) in [4.78, 5) is 24.3. The molecular formula is C13H24N2O3. The molecule has 0 bridgehead atoms. The summed E-state index contributed by atoms with van der Waals surface area (Å²) in [5.74, 6) is -0.865. The molecule has 0 spiro atoms. The minimum atomic E-state index is -0.863. The standard InChI is InChI=1S/C13H24N2O3/c1-3-15(10(2)8-13(17)18)12(16)9-14-11-6-4-5-7-11/h10-11,14H,3-9H2,1-2H3,(H,17,18). The minimum Gasteiger partial charge on any atom is -0.481 e. The normalized spacial score (nSPS) is 17.7. The van der Waals surface area contributed by atoms with Crippen molar-refractivity contribution in [2.24, 2.45) is 0 Å². The Morgan fingerprint density at radius 2 is 2.00 bits per heavy atom. The zero-order chi connectivity index (χ0) is 13.5. The van der Waals surface area contributed by atoms with Crippen LogP contribution in [0.3, 0.4) is 0 Å². The van der Waals surface area contributed by atoms with Gasteiger partial charge in [-0.05, 0) is 26.7 Å². The fraction of sp³-hybridized carbons (Fsp3) is 0.846. The minimum absolute atomic E-state index is 0.00171. The van der Waals surface area contributed by atoms with Gasteiger partial charge in [0, 0.05) is 18.6 Å². The third-order valence-electron chi connectivity index (χ3n) is 3.56. The van der Waals surface area contributed by atoms with E-state index < -0.39 is 5.97 Å². The molecule has 1 aliphatic rings. The summed E-state index contributed by atoms with van der Waals surface area (Å²) in [6.07, 6.45) is 4.76. The lowest BCUT2D eigenvalue weighted by atomic mass is 10.2. The average Bonchev–Trinajstić information content (AvgIpc) is 2.79. The largest absolute Gasteiger partial charge is 0.481 e. The van der Waals surface area contributed by atoms with Crippen LogP contribution in [0.4, 0.5) is 0 Å². The van der Waals surface area contributed by atoms with Crippen LogP contribution in [0.25, 0.3) is 0 Å². The highest BCUT2D eigenvalue weighted by Gasteiger charge is 2.22. The van der Waals surface area contributed by atoms with Crippen LogP contribution in [0.5, 0.6) is 0 Å². The number of likely N-dealkylation sites (N-methyl/N-ethyl adjacent to an activating group) is 1. The van der Waals surface area contributed by atoms with Crippen LogP contribution in [0.2, 0.25) is 0 Å². The van der Waals surface area contributed by atoms with Crippen LogP contribution < -0.4 is 5.32 Å². The molecule has 104 valence electrons. The second-order valence-corrected chi connectivity index (χ2v) is 4.99. The second-order valence-electron chi connectivity index (χ2n) is 4.99. The lowest BCUT2D eigenvalue weighted by molar-refractivity contribution is -0.140. The van der Waals surface area contributed by atoms with E-state index in [9.17, 15) is 9.59 Å². The van der Waals surface area contributed by atoms with Crippen molar-refractivity contribution in [2.75, 3.05) is 13.1 Å². The van der Waals surface area contributed by atoms with Gasteiger partial charge in [0.1, 0.15) is 0 Å². The van der Waals surface area contributed by atoms with Gasteiger partial charge >= 0.3 is 5.97 Å². The zero-order valence-electron chi connectivity index (χ0n) is 11.3. The number of carboxylic acid groups (broad SMARTS) is 1. The molecule has 0 aliphatic heterocycles. The van der Waals surface area contributed by atoms with Crippen LogP contribution in [0.1, 0.15) is 46.0 Å². The Morgan fingerprint density at radius 1 is 1.39 bits per heavy atom. The van der Waals surface area contributed by atoms with Gasteiger partial charge in [0.05, 0.1) is 13.0 Å². The summed E-state index contributed by atoms with van der Waals surface area (Å²) in [6, 6.07) is 0.216. The molecule has 1 unspecified atom stereocenters. The Kier molecular flexibility index (Phi) is 6.12. The summed E-state index contributed by atoms with van der Waals surface area (Å²) in [5.41, 5.74) is 0. The highest BCUT2D eigenvalue weighted by Crippen LogP contribution is 2.17. The molecule has 0 aromatic rings. The maximum Gasteiger partial charge on any atom is 0.305 e. The third kappa shape index (κ3) is 4.64. The van der Waals surface area contributed by atoms with E-state index in [0.29, 0.717) is 19.1 Å². The van der Waals surface area contributed by atoms with Crippen molar-refractivity contribution in [3.63, 3.8) is 0 Å². The fourth-order valence-electron chi connectivity index (χ4n) is 2.56. The van der Waals surface area contributed by atoms with Crippen LogP contribution in [-0.4, -0.2) is 47.1 Å². The highest BCUT2D eigenvalue weighted by atomic mass is 16.4. The van der Waals surface area contributed by atoms with Crippen molar-refractivity contribution in [3.8, 4) is 0 Å². The molecular weight excluding hydrogens is 232 g/mol. The molecule has 5 heteroatoms. The number of aliphatic carboxylic acids is 1. The van der Waals surface area contributed by atoms with Crippen molar-refractivity contribution < 1.29 is 14.7 Å². The second kappa shape index (κ2) is 7.36. The first-order valence-corrected chi connectivity index (χ1v) is 6.79. The van der Waals surface area contributed by atoms with E-state index in [-0.39, 0.29) is 18.4 Å². The lowest BCUT2D eigenvalue weighted by Crippen LogP contribution is -2.45. The number of nitrogens with zero attached hydrogens (tertiary/aromatic N) is 1. The van der Waals surface area contributed by atoms with Gasteiger partial charge < -0.3 is 15.3 Å². The summed E-state index contributed by atoms with van der Waals surface area (Å²) >= 11 is 0. The molecule has 1 atom stereocenters. The molecule has 18 heavy (non-hydrogen) atoms. The van der Waals surface area contributed by atoms with Crippen molar-refractivity contribution in [2.45, 2.75) is 58.0 Å². The van der Waals surface area contributed by atoms with Crippen molar-refractivity contribution in [1.82, 2.24) is 10.2 Å². The molecule has 1 rings (SSSR count). The number of amides is 1. The van der Waals surface area contributed by atoms with E-state index in [1.165, 1.54) is 12.8 Å². The first kappa shape index (κ1) is 15.0. The van der Waals surface area contributed by atoms with Crippen LogP contribution in [0.15, 0.2) is 0 Å². The average molecular weight is 256 g/mol. The van der Waals surface area contributed by atoms with E-state index in [2.05, 4.69) is 5.32 Å². The predicted molar refractivity (Wildman–Crippen MR) is 69.4 cm³/mol. The van der Waals surface area contributed by atoms with Gasteiger partial charge in [0.25, 0.3) is 0 Å². The van der Waals surface area contributed by atoms with Crippen molar-refractivity contribution >= 4 is 11.9 Å². The molecule has 0 saturated heterocycles. The Hall–Kier alpha value is -1.10. The molecule has 5 nitrogen and oxygen atoms in total. The number of hydrogen-bond acceptors (Lipinski definition) is 3. The Labute approximate surface area is 109 Å².